The Kier molecular flexibility index (Phi) is 5.81. The molecule has 2 amide bonds. The van der Waals surface area contributed by atoms with Crippen molar-refractivity contribution in [2.75, 3.05) is 6.61 Å². The number of amides is 2. The van der Waals surface area contributed by atoms with Gasteiger partial charge in [-0.05, 0) is 24.1 Å². The lowest BCUT2D eigenvalue weighted by atomic mass is 10.1. The average Bonchev–Trinajstić information content (AvgIpc) is 2.53. The van der Waals surface area contributed by atoms with Crippen molar-refractivity contribution in [1.29, 1.82) is 0 Å². The summed E-state index contributed by atoms with van der Waals surface area (Å²) in [5.74, 6) is 0. The van der Waals surface area contributed by atoms with E-state index in [-0.39, 0.29) is 18.7 Å². The van der Waals surface area contributed by atoms with Gasteiger partial charge in [0.25, 0.3) is 0 Å². The van der Waals surface area contributed by atoms with Crippen molar-refractivity contribution in [3.05, 3.63) is 70.7 Å². The summed E-state index contributed by atoms with van der Waals surface area (Å²) < 4.78 is 0. The molecule has 0 aliphatic carbocycles. The van der Waals surface area contributed by atoms with Crippen molar-refractivity contribution in [2.45, 2.75) is 19.0 Å². The number of nitrogens with one attached hydrogen (secondary N) is 2. The van der Waals surface area contributed by atoms with Crippen LogP contribution in [0.1, 0.15) is 30.1 Å². The van der Waals surface area contributed by atoms with Crippen LogP contribution in [-0.2, 0) is 0 Å². The van der Waals surface area contributed by atoms with E-state index >= 15 is 0 Å². The Balaban J connectivity index is 1.99. The van der Waals surface area contributed by atoms with Crippen LogP contribution in [0.2, 0.25) is 5.02 Å². The molecule has 116 valence electrons. The zero-order valence-corrected chi connectivity index (χ0v) is 13.0. The summed E-state index contributed by atoms with van der Waals surface area (Å²) in [6.45, 7) is 1.69. The molecule has 0 aliphatic rings. The molecule has 0 saturated carbocycles. The number of aliphatic hydroxyl groups excluding tert-OH is 1. The summed E-state index contributed by atoms with van der Waals surface area (Å²) in [5.41, 5.74) is 1.70. The zero-order valence-electron chi connectivity index (χ0n) is 12.3. The largest absolute Gasteiger partial charge is 0.394 e. The van der Waals surface area contributed by atoms with Crippen LogP contribution in [0.3, 0.4) is 0 Å². The normalized spacial score (nSPS) is 13.2. The molecule has 2 aromatic rings. The van der Waals surface area contributed by atoms with Crippen LogP contribution in [0.25, 0.3) is 0 Å². The molecule has 2 atom stereocenters. The first-order chi connectivity index (χ1) is 10.6. The molecule has 0 aromatic heterocycles. The van der Waals surface area contributed by atoms with Crippen LogP contribution in [0.5, 0.6) is 0 Å². The molecule has 0 aliphatic heterocycles. The third-order valence-electron chi connectivity index (χ3n) is 3.41. The first-order valence-electron chi connectivity index (χ1n) is 7.09. The summed E-state index contributed by atoms with van der Waals surface area (Å²) in [5, 5.41) is 15.7. The fourth-order valence-electron chi connectivity index (χ4n) is 2.22. The predicted molar refractivity (Wildman–Crippen MR) is 87.8 cm³/mol. The smallest absolute Gasteiger partial charge is 0.315 e. The molecule has 0 saturated heterocycles. The number of halogens is 1. The highest BCUT2D eigenvalue weighted by Gasteiger charge is 2.16. The molecule has 0 fully saturated rings. The van der Waals surface area contributed by atoms with Crippen molar-refractivity contribution >= 4 is 17.6 Å². The van der Waals surface area contributed by atoms with Gasteiger partial charge < -0.3 is 15.7 Å². The van der Waals surface area contributed by atoms with Gasteiger partial charge in [0.05, 0.1) is 18.7 Å². The number of carbonyl (C=O) groups excluding carboxylic acids is 1. The Bertz CT molecular complexity index is 619. The van der Waals surface area contributed by atoms with Crippen LogP contribution in [0.15, 0.2) is 54.6 Å². The second-order valence-corrected chi connectivity index (χ2v) is 5.41. The lowest BCUT2D eigenvalue weighted by Gasteiger charge is -2.20. The molecule has 2 rings (SSSR count). The van der Waals surface area contributed by atoms with E-state index in [0.29, 0.717) is 5.02 Å². The van der Waals surface area contributed by atoms with Gasteiger partial charge >= 0.3 is 6.03 Å². The Hall–Kier alpha value is -2.04. The summed E-state index contributed by atoms with van der Waals surface area (Å²) in [4.78, 5) is 12.1. The van der Waals surface area contributed by atoms with Crippen molar-refractivity contribution < 1.29 is 9.90 Å². The van der Waals surface area contributed by atoms with Gasteiger partial charge in [-0.1, -0.05) is 60.1 Å². The van der Waals surface area contributed by atoms with Crippen LogP contribution in [-0.4, -0.2) is 17.7 Å². The molecule has 4 nitrogen and oxygen atoms in total. The van der Waals surface area contributed by atoms with Crippen molar-refractivity contribution in [2.24, 2.45) is 0 Å². The number of hydrogen-bond acceptors (Lipinski definition) is 2. The van der Waals surface area contributed by atoms with E-state index in [2.05, 4.69) is 10.6 Å². The number of hydrogen-bond donors (Lipinski definition) is 3. The van der Waals surface area contributed by atoms with Gasteiger partial charge in [0, 0.05) is 5.02 Å². The fourth-order valence-corrected chi connectivity index (χ4v) is 2.52. The summed E-state index contributed by atoms with van der Waals surface area (Å²) in [6.07, 6.45) is 0. The van der Waals surface area contributed by atoms with E-state index in [4.69, 9.17) is 11.6 Å². The van der Waals surface area contributed by atoms with E-state index in [0.717, 1.165) is 11.1 Å². The molecule has 0 spiro atoms. The highest BCUT2D eigenvalue weighted by molar-refractivity contribution is 6.31. The van der Waals surface area contributed by atoms with Crippen LogP contribution < -0.4 is 10.6 Å². The molecule has 0 bridgehead atoms. The lowest BCUT2D eigenvalue weighted by Crippen LogP contribution is -2.40. The minimum atomic E-state index is -0.445. The number of carbonyl (C=O) groups is 1. The van der Waals surface area contributed by atoms with E-state index < -0.39 is 6.04 Å². The molecule has 5 heteroatoms. The SMILES string of the molecule is CC(NC(=O)NC(CO)c1ccccc1)c1ccccc1Cl. The van der Waals surface area contributed by atoms with E-state index in [1.807, 2.05) is 55.5 Å². The maximum atomic E-state index is 12.1. The second kappa shape index (κ2) is 7.82. The monoisotopic (exact) mass is 318 g/mol. The first-order valence-corrected chi connectivity index (χ1v) is 7.47. The Morgan fingerprint density at radius 1 is 1.09 bits per heavy atom. The number of benzene rings is 2. The number of aliphatic hydroxyl groups is 1. The summed E-state index contributed by atoms with van der Waals surface area (Å²) in [7, 11) is 0. The maximum Gasteiger partial charge on any atom is 0.315 e. The standard InChI is InChI=1S/C17H19ClN2O2/c1-12(14-9-5-6-10-15(14)18)19-17(22)20-16(11-21)13-7-3-2-4-8-13/h2-10,12,16,21H,11H2,1H3,(H2,19,20,22). The molecular weight excluding hydrogens is 300 g/mol. The molecule has 2 unspecified atom stereocenters. The minimum absolute atomic E-state index is 0.169. The molecule has 2 aromatic carbocycles. The molecule has 22 heavy (non-hydrogen) atoms. The van der Waals surface area contributed by atoms with Gasteiger partial charge in [-0.3, -0.25) is 0 Å². The lowest BCUT2D eigenvalue weighted by molar-refractivity contribution is 0.214. The van der Waals surface area contributed by atoms with Crippen molar-refractivity contribution in [1.82, 2.24) is 10.6 Å². The zero-order chi connectivity index (χ0) is 15.9. The molecule has 0 radical (unpaired) electrons. The van der Waals surface area contributed by atoms with E-state index in [9.17, 15) is 9.90 Å². The second-order valence-electron chi connectivity index (χ2n) is 5.01. The average molecular weight is 319 g/mol. The van der Waals surface area contributed by atoms with Gasteiger partial charge in [-0.2, -0.15) is 0 Å². The highest BCUT2D eigenvalue weighted by atomic mass is 35.5. The number of rotatable bonds is 5. The minimum Gasteiger partial charge on any atom is -0.394 e. The van der Waals surface area contributed by atoms with Crippen LogP contribution in [0.4, 0.5) is 4.79 Å². The topological polar surface area (TPSA) is 61.4 Å². The summed E-state index contributed by atoms with van der Waals surface area (Å²) >= 11 is 6.12. The molecule has 3 N–H and O–H groups in total. The van der Waals surface area contributed by atoms with E-state index in [1.54, 1.807) is 6.07 Å². The van der Waals surface area contributed by atoms with Gasteiger partial charge in [-0.25, -0.2) is 4.79 Å². The highest BCUT2D eigenvalue weighted by Crippen LogP contribution is 2.22. The van der Waals surface area contributed by atoms with Gasteiger partial charge in [0.1, 0.15) is 0 Å². The fraction of sp³-hybridized carbons (Fsp3) is 0.235. The van der Waals surface area contributed by atoms with Gasteiger partial charge in [0.15, 0.2) is 0 Å². The Morgan fingerprint density at radius 3 is 2.36 bits per heavy atom. The Labute approximate surface area is 135 Å². The van der Waals surface area contributed by atoms with Crippen LogP contribution >= 0.6 is 11.6 Å². The quantitative estimate of drug-likeness (QED) is 0.791. The van der Waals surface area contributed by atoms with Crippen molar-refractivity contribution in [3.8, 4) is 0 Å². The van der Waals surface area contributed by atoms with E-state index in [1.165, 1.54) is 0 Å². The van der Waals surface area contributed by atoms with Gasteiger partial charge in [-0.15, -0.1) is 0 Å². The Morgan fingerprint density at radius 2 is 1.73 bits per heavy atom. The van der Waals surface area contributed by atoms with Gasteiger partial charge in [0.2, 0.25) is 0 Å². The van der Waals surface area contributed by atoms with Crippen molar-refractivity contribution in [3.63, 3.8) is 0 Å². The maximum absolute atomic E-state index is 12.1. The summed E-state index contributed by atoms with van der Waals surface area (Å²) in [6, 6.07) is 15.7. The third kappa shape index (κ3) is 4.23. The molecular formula is C17H19ClN2O2. The molecule has 0 heterocycles. The third-order valence-corrected chi connectivity index (χ3v) is 3.75. The first kappa shape index (κ1) is 16.3. The predicted octanol–water partition coefficient (Wildman–Crippen LogP) is 3.43. The van der Waals surface area contributed by atoms with Crippen LogP contribution in [0, 0.1) is 0 Å². The number of urea groups is 1.